The van der Waals surface area contributed by atoms with Crippen molar-refractivity contribution in [3.8, 4) is 0 Å². The third-order valence-corrected chi connectivity index (χ3v) is 7.78. The predicted molar refractivity (Wildman–Crippen MR) is 138 cm³/mol. The highest BCUT2D eigenvalue weighted by molar-refractivity contribution is 7.99. The molecule has 0 aliphatic carbocycles. The van der Waals surface area contributed by atoms with Gasteiger partial charge in [0.25, 0.3) is 0 Å². The van der Waals surface area contributed by atoms with Crippen LogP contribution in [0.4, 0.5) is 17.6 Å². The minimum absolute atomic E-state index is 0.164. The molecule has 3 aliphatic rings. The van der Waals surface area contributed by atoms with E-state index in [1.54, 1.807) is 0 Å². The van der Waals surface area contributed by atoms with E-state index in [4.69, 9.17) is 15.0 Å². The predicted octanol–water partition coefficient (Wildman–Crippen LogP) is 3.29. The van der Waals surface area contributed by atoms with Gasteiger partial charge >= 0.3 is 0 Å². The Bertz CT molecular complexity index is 903. The maximum absolute atomic E-state index is 13.0. The molecule has 182 valence electrons. The van der Waals surface area contributed by atoms with E-state index < -0.39 is 0 Å². The summed E-state index contributed by atoms with van der Waals surface area (Å²) in [6.07, 6.45) is 7.27. The largest absolute Gasteiger partial charge is 0.368 e. The molecule has 3 fully saturated rings. The van der Waals surface area contributed by atoms with Crippen molar-refractivity contribution in [1.29, 1.82) is 0 Å². The Morgan fingerprint density at radius 2 is 1.24 bits per heavy atom. The summed E-state index contributed by atoms with van der Waals surface area (Å²) in [6, 6.07) is 10.4. The van der Waals surface area contributed by atoms with Crippen molar-refractivity contribution >= 4 is 35.3 Å². The highest BCUT2D eigenvalue weighted by Gasteiger charge is 2.24. The van der Waals surface area contributed by atoms with Crippen molar-refractivity contribution < 1.29 is 4.79 Å². The average molecular weight is 482 g/mol. The quantitative estimate of drug-likeness (QED) is 0.582. The number of anilines is 3. The minimum atomic E-state index is 0.164. The lowest BCUT2D eigenvalue weighted by molar-refractivity contribution is -0.128. The van der Waals surface area contributed by atoms with Gasteiger partial charge in [-0.05, 0) is 50.7 Å². The van der Waals surface area contributed by atoms with Crippen LogP contribution in [-0.2, 0) is 4.79 Å². The second-order valence-electron chi connectivity index (χ2n) is 9.31. The first-order valence-corrected chi connectivity index (χ1v) is 13.7. The zero-order valence-corrected chi connectivity index (χ0v) is 20.8. The van der Waals surface area contributed by atoms with Crippen LogP contribution in [0.1, 0.15) is 38.5 Å². The number of para-hydroxylation sites is 1. The number of rotatable bonds is 6. The summed E-state index contributed by atoms with van der Waals surface area (Å²) >= 11 is 1.46. The number of nitrogens with zero attached hydrogens (tertiary/aromatic N) is 7. The molecule has 0 N–H and O–H groups in total. The van der Waals surface area contributed by atoms with Crippen LogP contribution in [0.2, 0.25) is 0 Å². The van der Waals surface area contributed by atoms with Crippen LogP contribution < -0.4 is 14.7 Å². The molecule has 1 aromatic heterocycles. The Balaban J connectivity index is 1.22. The molecule has 4 heterocycles. The van der Waals surface area contributed by atoms with Crippen molar-refractivity contribution in [2.24, 2.45) is 0 Å². The van der Waals surface area contributed by atoms with Crippen molar-refractivity contribution in [3.63, 3.8) is 0 Å². The second kappa shape index (κ2) is 11.3. The van der Waals surface area contributed by atoms with Gasteiger partial charge in [-0.2, -0.15) is 15.0 Å². The van der Waals surface area contributed by atoms with Gasteiger partial charge in [-0.25, -0.2) is 0 Å². The maximum Gasteiger partial charge on any atom is 0.233 e. The molecule has 1 aromatic carbocycles. The normalized spacial score (nSPS) is 19.4. The Morgan fingerprint density at radius 1 is 0.676 bits per heavy atom. The lowest BCUT2D eigenvalue weighted by Gasteiger charge is -2.36. The number of benzene rings is 1. The van der Waals surface area contributed by atoms with E-state index in [1.807, 2.05) is 11.0 Å². The number of hydrogen-bond donors (Lipinski definition) is 0. The van der Waals surface area contributed by atoms with Gasteiger partial charge in [-0.3, -0.25) is 4.79 Å². The second-order valence-corrected chi connectivity index (χ2v) is 10.2. The summed E-state index contributed by atoms with van der Waals surface area (Å²) < 4.78 is 0. The molecule has 0 spiro atoms. The lowest BCUT2D eigenvalue weighted by atomic mass is 10.1. The summed E-state index contributed by atoms with van der Waals surface area (Å²) in [6.45, 7) is 7.23. The minimum Gasteiger partial charge on any atom is -0.368 e. The number of carbonyl (C=O) groups excluding carboxylic acids is 1. The summed E-state index contributed by atoms with van der Waals surface area (Å²) in [4.78, 5) is 36.3. The van der Waals surface area contributed by atoms with E-state index in [0.717, 1.165) is 64.3 Å². The molecule has 3 aliphatic heterocycles. The van der Waals surface area contributed by atoms with Crippen LogP contribution in [0.3, 0.4) is 0 Å². The molecule has 0 radical (unpaired) electrons. The van der Waals surface area contributed by atoms with Crippen LogP contribution in [0.15, 0.2) is 35.5 Å². The van der Waals surface area contributed by atoms with Crippen molar-refractivity contribution in [1.82, 2.24) is 19.9 Å². The number of carbonyl (C=O) groups is 1. The van der Waals surface area contributed by atoms with Gasteiger partial charge < -0.3 is 19.6 Å². The maximum atomic E-state index is 13.0. The van der Waals surface area contributed by atoms with E-state index in [-0.39, 0.29) is 5.91 Å². The molecule has 3 saturated heterocycles. The van der Waals surface area contributed by atoms with Crippen LogP contribution in [-0.4, -0.2) is 83.9 Å². The Hall–Kier alpha value is -2.55. The highest BCUT2D eigenvalue weighted by Crippen LogP contribution is 2.25. The van der Waals surface area contributed by atoms with Crippen LogP contribution in [0.5, 0.6) is 0 Å². The number of piperazine rings is 1. The summed E-state index contributed by atoms with van der Waals surface area (Å²) in [5, 5.41) is 0.674. The van der Waals surface area contributed by atoms with Crippen molar-refractivity contribution in [2.75, 3.05) is 72.8 Å². The summed E-state index contributed by atoms with van der Waals surface area (Å²) in [7, 11) is 0. The van der Waals surface area contributed by atoms with Crippen LogP contribution in [0, 0.1) is 0 Å². The van der Waals surface area contributed by atoms with Crippen molar-refractivity contribution in [2.45, 2.75) is 43.7 Å². The lowest BCUT2D eigenvalue weighted by Crippen LogP contribution is -2.49. The third-order valence-electron chi connectivity index (χ3n) is 6.95. The molecular formula is C25H35N7OS. The molecule has 9 heteroatoms. The van der Waals surface area contributed by atoms with Gasteiger partial charge in [0.15, 0.2) is 5.16 Å². The molecule has 0 atom stereocenters. The third kappa shape index (κ3) is 5.74. The van der Waals surface area contributed by atoms with Gasteiger partial charge in [0.05, 0.1) is 5.75 Å². The molecular weight excluding hydrogens is 446 g/mol. The highest BCUT2D eigenvalue weighted by atomic mass is 32.2. The van der Waals surface area contributed by atoms with Crippen LogP contribution in [0.25, 0.3) is 0 Å². The summed E-state index contributed by atoms with van der Waals surface area (Å²) in [5.74, 6) is 2.09. The Kier molecular flexibility index (Phi) is 7.68. The molecule has 5 rings (SSSR count). The van der Waals surface area contributed by atoms with Gasteiger partial charge in [0.2, 0.25) is 17.8 Å². The Morgan fingerprint density at radius 3 is 1.79 bits per heavy atom. The zero-order valence-electron chi connectivity index (χ0n) is 19.9. The first-order chi connectivity index (χ1) is 16.8. The van der Waals surface area contributed by atoms with E-state index in [1.165, 1.54) is 56.0 Å². The molecule has 8 nitrogen and oxygen atoms in total. The first-order valence-electron chi connectivity index (χ1n) is 12.7. The molecule has 0 bridgehead atoms. The van der Waals surface area contributed by atoms with E-state index >= 15 is 0 Å². The number of hydrogen-bond acceptors (Lipinski definition) is 8. The molecule has 2 aromatic rings. The SMILES string of the molecule is O=C(CSc1nc(N2CCCCC2)nc(N2CCCCC2)n1)N1CCN(c2ccccc2)CC1. The number of amides is 1. The number of piperidine rings is 2. The fourth-order valence-electron chi connectivity index (χ4n) is 4.94. The van der Waals surface area contributed by atoms with Crippen LogP contribution >= 0.6 is 11.8 Å². The number of thioether (sulfide) groups is 1. The van der Waals surface area contributed by atoms with Crippen molar-refractivity contribution in [3.05, 3.63) is 30.3 Å². The summed E-state index contributed by atoms with van der Waals surface area (Å²) in [5.41, 5.74) is 1.23. The number of aromatic nitrogens is 3. The zero-order chi connectivity index (χ0) is 23.2. The van der Waals surface area contributed by atoms with Gasteiger partial charge in [0.1, 0.15) is 0 Å². The molecule has 1 amide bonds. The smallest absolute Gasteiger partial charge is 0.233 e. The average Bonchev–Trinajstić information content (AvgIpc) is 2.93. The first kappa shape index (κ1) is 23.2. The molecule has 34 heavy (non-hydrogen) atoms. The standard InChI is InChI=1S/C25H35N7OS/c33-22(30-18-16-29(17-19-30)21-10-4-1-5-11-21)20-34-25-27-23(31-12-6-2-7-13-31)26-24(28-25)32-14-8-3-9-15-32/h1,4-5,10-11H,2-3,6-9,12-20H2. The van der Waals surface area contributed by atoms with E-state index in [0.29, 0.717) is 10.9 Å². The van der Waals surface area contributed by atoms with E-state index in [9.17, 15) is 4.79 Å². The fraction of sp³-hybridized carbons (Fsp3) is 0.600. The molecule has 0 unspecified atom stereocenters. The van der Waals surface area contributed by atoms with E-state index in [2.05, 4.69) is 39.0 Å². The van der Waals surface area contributed by atoms with Gasteiger partial charge in [-0.15, -0.1) is 0 Å². The fourth-order valence-corrected chi connectivity index (χ4v) is 5.67. The van der Waals surface area contributed by atoms with Gasteiger partial charge in [0, 0.05) is 58.0 Å². The molecule has 0 saturated carbocycles. The monoisotopic (exact) mass is 481 g/mol. The Labute approximate surface area is 206 Å². The van der Waals surface area contributed by atoms with Gasteiger partial charge in [-0.1, -0.05) is 30.0 Å². The topological polar surface area (TPSA) is 68.7 Å².